The summed E-state index contributed by atoms with van der Waals surface area (Å²) < 4.78 is 29.2. The standard InChI is InChI=1S/C15H21BrN2O2/c1-15(2,3)20-14(19)18-9-7-11(8-10-18)12-5-4-6-13(16)17-12/h4-6,11H,7-10H2,1-3H3/i4D,5D,6D. The molecule has 0 N–H and O–H groups in total. The van der Waals surface area contributed by atoms with E-state index >= 15 is 0 Å². The fraction of sp³-hybridized carbons (Fsp3) is 0.600. The third-order valence-corrected chi connectivity index (χ3v) is 3.48. The van der Waals surface area contributed by atoms with Crippen LogP contribution in [-0.2, 0) is 4.74 Å². The molecule has 0 atom stereocenters. The zero-order chi connectivity index (χ0) is 17.4. The second-order valence-corrected chi connectivity index (χ2v) is 6.66. The second-order valence-electron chi connectivity index (χ2n) is 5.90. The number of hydrogen-bond donors (Lipinski definition) is 0. The predicted octanol–water partition coefficient (Wildman–Crippen LogP) is 3.96. The lowest BCUT2D eigenvalue weighted by atomic mass is 9.93. The van der Waals surface area contributed by atoms with Gasteiger partial charge in [-0.1, -0.05) is 6.04 Å². The average Bonchev–Trinajstić information content (AvgIpc) is 2.47. The molecular weight excluding hydrogens is 320 g/mol. The van der Waals surface area contributed by atoms with Crippen LogP contribution in [0.25, 0.3) is 0 Å². The number of carbonyl (C=O) groups excluding carboxylic acids is 1. The van der Waals surface area contributed by atoms with E-state index in [9.17, 15) is 4.79 Å². The molecule has 0 radical (unpaired) electrons. The van der Waals surface area contributed by atoms with Gasteiger partial charge in [-0.2, -0.15) is 0 Å². The van der Waals surface area contributed by atoms with Crippen LogP contribution in [0.4, 0.5) is 4.79 Å². The smallest absolute Gasteiger partial charge is 0.410 e. The molecule has 0 aromatic carbocycles. The Morgan fingerprint density at radius 3 is 2.70 bits per heavy atom. The molecule has 110 valence electrons. The van der Waals surface area contributed by atoms with Crippen molar-refractivity contribution >= 4 is 22.0 Å². The highest BCUT2D eigenvalue weighted by Gasteiger charge is 2.27. The summed E-state index contributed by atoms with van der Waals surface area (Å²) in [5.41, 5.74) is 0.0143. The van der Waals surface area contributed by atoms with E-state index in [0.29, 0.717) is 36.2 Å². The summed E-state index contributed by atoms with van der Waals surface area (Å²) in [4.78, 5) is 18.0. The number of aromatic nitrogens is 1. The van der Waals surface area contributed by atoms with Crippen molar-refractivity contribution in [1.29, 1.82) is 0 Å². The molecule has 1 fully saturated rings. The van der Waals surface area contributed by atoms with E-state index in [2.05, 4.69) is 20.9 Å². The zero-order valence-corrected chi connectivity index (χ0v) is 13.6. The molecule has 2 heterocycles. The number of pyridine rings is 1. The first-order valence-corrected chi connectivity index (χ1v) is 7.50. The maximum atomic E-state index is 12.1. The lowest BCUT2D eigenvalue weighted by Gasteiger charge is -2.33. The number of piperidine rings is 1. The van der Waals surface area contributed by atoms with E-state index < -0.39 is 5.60 Å². The van der Waals surface area contributed by atoms with E-state index in [0.717, 1.165) is 0 Å². The first-order chi connectivity index (χ1) is 10.6. The van der Waals surface area contributed by atoms with E-state index in [-0.39, 0.29) is 30.1 Å². The third kappa shape index (κ3) is 4.20. The summed E-state index contributed by atoms with van der Waals surface area (Å²) in [7, 11) is 0. The van der Waals surface area contributed by atoms with Crippen molar-refractivity contribution in [2.45, 2.75) is 45.1 Å². The summed E-state index contributed by atoms with van der Waals surface area (Å²) in [5.74, 6) is 0.0159. The van der Waals surface area contributed by atoms with Gasteiger partial charge < -0.3 is 9.64 Å². The van der Waals surface area contributed by atoms with Gasteiger partial charge in [0.15, 0.2) is 0 Å². The molecule has 1 aromatic rings. The van der Waals surface area contributed by atoms with Crippen molar-refractivity contribution in [2.75, 3.05) is 13.1 Å². The van der Waals surface area contributed by atoms with E-state index in [1.807, 2.05) is 20.8 Å². The van der Waals surface area contributed by atoms with Crippen LogP contribution < -0.4 is 0 Å². The van der Waals surface area contributed by atoms with Crippen LogP contribution in [0.15, 0.2) is 22.7 Å². The largest absolute Gasteiger partial charge is 0.444 e. The van der Waals surface area contributed by atoms with Crippen LogP contribution in [0.3, 0.4) is 0 Å². The summed E-state index contributed by atoms with van der Waals surface area (Å²) >= 11 is 3.18. The predicted molar refractivity (Wildman–Crippen MR) is 81.7 cm³/mol. The summed E-state index contributed by atoms with van der Waals surface area (Å²) in [6.07, 6.45) is 1.02. The van der Waals surface area contributed by atoms with Gasteiger partial charge in [0.05, 0.1) is 4.11 Å². The number of halogens is 1. The van der Waals surface area contributed by atoms with E-state index in [1.54, 1.807) is 4.90 Å². The Morgan fingerprint density at radius 1 is 1.45 bits per heavy atom. The molecule has 1 aromatic heterocycles. The fourth-order valence-electron chi connectivity index (χ4n) is 2.16. The third-order valence-electron chi connectivity index (χ3n) is 3.11. The summed E-state index contributed by atoms with van der Waals surface area (Å²) in [6.45, 7) is 6.58. The molecule has 0 aliphatic carbocycles. The minimum Gasteiger partial charge on any atom is -0.444 e. The lowest BCUT2D eigenvalue weighted by molar-refractivity contribution is 0.0204. The number of ether oxygens (including phenoxy) is 1. The Balaban J connectivity index is 2.07. The number of likely N-dealkylation sites (tertiary alicyclic amines) is 1. The molecule has 1 amide bonds. The first kappa shape index (κ1) is 11.5. The van der Waals surface area contributed by atoms with Crippen LogP contribution in [-0.4, -0.2) is 34.7 Å². The second kappa shape index (κ2) is 6.12. The van der Waals surface area contributed by atoms with Crippen molar-refractivity contribution in [3.05, 3.63) is 28.4 Å². The van der Waals surface area contributed by atoms with Crippen LogP contribution in [0.5, 0.6) is 0 Å². The summed E-state index contributed by atoms with van der Waals surface area (Å²) in [5, 5.41) is 0. The van der Waals surface area contributed by atoms with Gasteiger partial charge in [0.1, 0.15) is 10.2 Å². The number of carbonyl (C=O) groups is 1. The van der Waals surface area contributed by atoms with Gasteiger partial charge in [-0.15, -0.1) is 0 Å². The molecule has 0 saturated carbocycles. The normalized spacial score (nSPS) is 19.2. The molecule has 4 nitrogen and oxygen atoms in total. The number of nitrogens with zero attached hydrogens (tertiary/aromatic N) is 2. The van der Waals surface area contributed by atoms with Gasteiger partial charge in [-0.05, 0) is 61.6 Å². The minimum atomic E-state index is -0.515. The van der Waals surface area contributed by atoms with Crippen molar-refractivity contribution in [1.82, 2.24) is 9.88 Å². The molecule has 0 unspecified atom stereocenters. The highest BCUT2D eigenvalue weighted by molar-refractivity contribution is 9.10. The molecule has 0 spiro atoms. The van der Waals surface area contributed by atoms with Crippen molar-refractivity contribution in [2.24, 2.45) is 0 Å². The molecule has 1 aliphatic heterocycles. The Kier molecular flexibility index (Phi) is 3.53. The number of hydrogen-bond acceptors (Lipinski definition) is 3. The SMILES string of the molecule is [2H]c1c(Br)nc(C2CCN(C(=O)OC(C)(C)C)CC2)c([2H])c1[2H]. The quantitative estimate of drug-likeness (QED) is 0.724. The lowest BCUT2D eigenvalue weighted by Crippen LogP contribution is -2.41. The van der Waals surface area contributed by atoms with Crippen LogP contribution >= 0.6 is 15.9 Å². The van der Waals surface area contributed by atoms with Gasteiger partial charge in [0, 0.05) is 24.7 Å². The molecule has 5 heteroatoms. The van der Waals surface area contributed by atoms with Crippen LogP contribution in [0.1, 0.15) is 49.3 Å². The molecule has 20 heavy (non-hydrogen) atoms. The summed E-state index contributed by atoms with van der Waals surface area (Å²) in [6, 6.07) is -0.171. The van der Waals surface area contributed by atoms with Crippen molar-refractivity contribution < 1.29 is 13.6 Å². The van der Waals surface area contributed by atoms with E-state index in [4.69, 9.17) is 8.85 Å². The van der Waals surface area contributed by atoms with Crippen LogP contribution in [0.2, 0.25) is 0 Å². The van der Waals surface area contributed by atoms with Crippen molar-refractivity contribution in [3.63, 3.8) is 0 Å². The average molecular weight is 344 g/mol. The highest BCUT2D eigenvalue weighted by Crippen LogP contribution is 2.28. The van der Waals surface area contributed by atoms with E-state index in [1.165, 1.54) is 0 Å². The molecular formula is C15H21BrN2O2. The topological polar surface area (TPSA) is 42.4 Å². The molecule has 1 saturated heterocycles. The first-order valence-electron chi connectivity index (χ1n) is 8.21. The van der Waals surface area contributed by atoms with Gasteiger partial charge in [0.25, 0.3) is 0 Å². The van der Waals surface area contributed by atoms with Crippen LogP contribution in [0, 0.1) is 0 Å². The number of amides is 1. The van der Waals surface area contributed by atoms with Gasteiger partial charge in [-0.25, -0.2) is 9.78 Å². The Morgan fingerprint density at radius 2 is 2.10 bits per heavy atom. The Bertz CT molecular complexity index is 612. The van der Waals surface area contributed by atoms with Crippen molar-refractivity contribution in [3.8, 4) is 0 Å². The monoisotopic (exact) mass is 343 g/mol. The maximum absolute atomic E-state index is 12.1. The van der Waals surface area contributed by atoms with Gasteiger partial charge in [-0.3, -0.25) is 0 Å². The zero-order valence-electron chi connectivity index (χ0n) is 15.0. The minimum absolute atomic E-state index is 0.00826. The molecule has 2 rings (SSSR count). The van der Waals surface area contributed by atoms with Gasteiger partial charge in [0.2, 0.25) is 0 Å². The maximum Gasteiger partial charge on any atom is 0.410 e. The number of rotatable bonds is 1. The molecule has 0 bridgehead atoms. The highest BCUT2D eigenvalue weighted by atomic mass is 79.9. The van der Waals surface area contributed by atoms with Gasteiger partial charge >= 0.3 is 6.09 Å². The Hall–Kier alpha value is -1.10. The molecule has 1 aliphatic rings. The fourth-order valence-corrected chi connectivity index (χ4v) is 2.45. The Labute approximate surface area is 132 Å².